The Labute approximate surface area is 91.5 Å². The first-order valence-electron chi connectivity index (χ1n) is 5.71. The Bertz CT molecular complexity index is 324. The molecule has 0 amide bonds. The average molecular weight is 205 g/mol. The molecule has 3 heteroatoms. The summed E-state index contributed by atoms with van der Waals surface area (Å²) in [5.74, 6) is 0. The van der Waals surface area contributed by atoms with E-state index in [1.807, 2.05) is 12.4 Å². The van der Waals surface area contributed by atoms with Crippen molar-refractivity contribution in [3.63, 3.8) is 0 Å². The van der Waals surface area contributed by atoms with Gasteiger partial charge in [-0.1, -0.05) is 6.92 Å². The number of aromatic nitrogens is 1. The van der Waals surface area contributed by atoms with Crippen LogP contribution >= 0.6 is 0 Å². The summed E-state index contributed by atoms with van der Waals surface area (Å²) in [6.07, 6.45) is 5.03. The Morgan fingerprint density at radius 1 is 1.60 bits per heavy atom. The van der Waals surface area contributed by atoms with Gasteiger partial charge in [0, 0.05) is 31.9 Å². The predicted octanol–water partition coefficient (Wildman–Crippen LogP) is 1.58. The molecule has 1 fully saturated rings. The molecule has 2 rings (SSSR count). The van der Waals surface area contributed by atoms with Crippen molar-refractivity contribution < 1.29 is 0 Å². The number of aryl methyl sites for hydroxylation is 1. The third kappa shape index (κ3) is 2.12. The van der Waals surface area contributed by atoms with Crippen LogP contribution < -0.4 is 10.2 Å². The molecule has 1 N–H and O–H groups in total. The van der Waals surface area contributed by atoms with E-state index in [-0.39, 0.29) is 0 Å². The zero-order valence-corrected chi connectivity index (χ0v) is 9.53. The Kier molecular flexibility index (Phi) is 3.21. The molecule has 3 nitrogen and oxygen atoms in total. The Balaban J connectivity index is 2.24. The summed E-state index contributed by atoms with van der Waals surface area (Å²) in [5.41, 5.74) is 2.62. The highest BCUT2D eigenvalue weighted by atomic mass is 15.2. The smallest absolute Gasteiger partial charge is 0.0585 e. The summed E-state index contributed by atoms with van der Waals surface area (Å²) in [5, 5.41) is 3.44. The van der Waals surface area contributed by atoms with Gasteiger partial charge in [-0.2, -0.15) is 0 Å². The average Bonchev–Trinajstić information content (AvgIpc) is 2.30. The maximum Gasteiger partial charge on any atom is 0.0585 e. The van der Waals surface area contributed by atoms with Crippen LogP contribution in [-0.2, 0) is 0 Å². The molecule has 1 aromatic rings. The van der Waals surface area contributed by atoms with Crippen molar-refractivity contribution in [1.29, 1.82) is 0 Å². The van der Waals surface area contributed by atoms with Crippen LogP contribution in [-0.4, -0.2) is 30.7 Å². The number of anilines is 1. The van der Waals surface area contributed by atoms with E-state index in [0.717, 1.165) is 19.6 Å². The minimum absolute atomic E-state index is 0.613. The highest BCUT2D eigenvalue weighted by Crippen LogP contribution is 2.22. The van der Waals surface area contributed by atoms with Gasteiger partial charge >= 0.3 is 0 Å². The highest BCUT2D eigenvalue weighted by Gasteiger charge is 2.21. The maximum atomic E-state index is 4.23. The highest BCUT2D eigenvalue weighted by molar-refractivity contribution is 5.52. The van der Waals surface area contributed by atoms with Crippen LogP contribution in [0.2, 0.25) is 0 Å². The van der Waals surface area contributed by atoms with Crippen molar-refractivity contribution in [2.24, 2.45) is 0 Å². The second-order valence-corrected chi connectivity index (χ2v) is 4.12. The van der Waals surface area contributed by atoms with Crippen molar-refractivity contribution >= 4 is 5.69 Å². The van der Waals surface area contributed by atoms with Gasteiger partial charge < -0.3 is 10.2 Å². The van der Waals surface area contributed by atoms with Gasteiger partial charge in [-0.3, -0.25) is 4.98 Å². The van der Waals surface area contributed by atoms with Crippen LogP contribution in [0.5, 0.6) is 0 Å². The van der Waals surface area contributed by atoms with Gasteiger partial charge in [0.2, 0.25) is 0 Å². The lowest BCUT2D eigenvalue weighted by atomic mass is 10.1. The number of pyridine rings is 1. The molecule has 0 aromatic carbocycles. The van der Waals surface area contributed by atoms with Gasteiger partial charge in [0.25, 0.3) is 0 Å². The number of rotatable bonds is 2. The van der Waals surface area contributed by atoms with Crippen molar-refractivity contribution in [1.82, 2.24) is 10.3 Å². The third-order valence-corrected chi connectivity index (χ3v) is 3.14. The first-order chi connectivity index (χ1) is 7.33. The van der Waals surface area contributed by atoms with Crippen molar-refractivity contribution in [3.05, 3.63) is 24.0 Å². The summed E-state index contributed by atoms with van der Waals surface area (Å²) in [7, 11) is 0. The number of piperazine rings is 1. The molecule has 0 aliphatic carbocycles. The van der Waals surface area contributed by atoms with Crippen LogP contribution in [0.25, 0.3) is 0 Å². The van der Waals surface area contributed by atoms with Crippen LogP contribution in [0.1, 0.15) is 18.9 Å². The summed E-state index contributed by atoms with van der Waals surface area (Å²) in [6, 6.07) is 2.70. The van der Waals surface area contributed by atoms with Crippen LogP contribution in [0, 0.1) is 6.92 Å². The first kappa shape index (κ1) is 10.4. The second kappa shape index (κ2) is 4.62. The molecular weight excluding hydrogens is 186 g/mol. The lowest BCUT2D eigenvalue weighted by Crippen LogP contribution is -2.51. The van der Waals surface area contributed by atoms with Gasteiger partial charge in [0.1, 0.15) is 0 Å². The fourth-order valence-corrected chi connectivity index (χ4v) is 2.20. The fourth-order valence-electron chi connectivity index (χ4n) is 2.20. The van der Waals surface area contributed by atoms with E-state index in [1.165, 1.54) is 17.7 Å². The molecule has 82 valence electrons. The summed E-state index contributed by atoms with van der Waals surface area (Å²) in [4.78, 5) is 6.71. The lowest BCUT2D eigenvalue weighted by molar-refractivity contribution is 0.465. The maximum absolute atomic E-state index is 4.23. The lowest BCUT2D eigenvalue weighted by Gasteiger charge is -2.38. The normalized spacial score (nSPS) is 21.7. The molecule has 1 saturated heterocycles. The van der Waals surface area contributed by atoms with E-state index in [1.54, 1.807) is 0 Å². The van der Waals surface area contributed by atoms with Gasteiger partial charge in [-0.05, 0) is 25.0 Å². The zero-order chi connectivity index (χ0) is 10.7. The standard InChI is InChI=1S/C12H19N3/c1-3-11-8-14-6-7-15(11)12-9-13-5-4-10(12)2/h4-5,9,11,14H,3,6-8H2,1-2H3. The molecule has 0 saturated carbocycles. The van der Waals surface area contributed by atoms with Gasteiger partial charge in [-0.25, -0.2) is 0 Å². The Morgan fingerprint density at radius 2 is 2.47 bits per heavy atom. The minimum Gasteiger partial charge on any atom is -0.365 e. The summed E-state index contributed by atoms with van der Waals surface area (Å²) in [6.45, 7) is 7.66. The molecule has 1 aromatic heterocycles. The molecule has 0 bridgehead atoms. The Hall–Kier alpha value is -1.09. The molecule has 15 heavy (non-hydrogen) atoms. The van der Waals surface area contributed by atoms with E-state index in [9.17, 15) is 0 Å². The van der Waals surface area contributed by atoms with Gasteiger partial charge in [0.05, 0.1) is 11.9 Å². The SMILES string of the molecule is CCC1CNCCN1c1cnccc1C. The number of hydrogen-bond donors (Lipinski definition) is 1. The zero-order valence-electron chi connectivity index (χ0n) is 9.53. The molecule has 0 spiro atoms. The van der Waals surface area contributed by atoms with Crippen LogP contribution in [0.15, 0.2) is 18.5 Å². The van der Waals surface area contributed by atoms with Crippen molar-refractivity contribution in [2.45, 2.75) is 26.3 Å². The van der Waals surface area contributed by atoms with E-state index < -0.39 is 0 Å². The molecule has 1 unspecified atom stereocenters. The monoisotopic (exact) mass is 205 g/mol. The topological polar surface area (TPSA) is 28.2 Å². The van der Waals surface area contributed by atoms with Crippen LogP contribution in [0.4, 0.5) is 5.69 Å². The molecule has 1 aliphatic rings. The van der Waals surface area contributed by atoms with Crippen LogP contribution in [0.3, 0.4) is 0 Å². The molecule has 1 atom stereocenters. The number of nitrogens with one attached hydrogen (secondary N) is 1. The minimum atomic E-state index is 0.613. The molecule has 0 radical (unpaired) electrons. The third-order valence-electron chi connectivity index (χ3n) is 3.14. The Morgan fingerprint density at radius 3 is 3.20 bits per heavy atom. The van der Waals surface area contributed by atoms with Gasteiger partial charge in [0.15, 0.2) is 0 Å². The molecular formula is C12H19N3. The quantitative estimate of drug-likeness (QED) is 0.794. The number of nitrogens with zero attached hydrogens (tertiary/aromatic N) is 2. The van der Waals surface area contributed by atoms with E-state index >= 15 is 0 Å². The van der Waals surface area contributed by atoms with Crippen molar-refractivity contribution in [2.75, 3.05) is 24.5 Å². The molecule has 1 aliphatic heterocycles. The van der Waals surface area contributed by atoms with E-state index in [2.05, 4.69) is 35.1 Å². The first-order valence-corrected chi connectivity index (χ1v) is 5.71. The number of hydrogen-bond acceptors (Lipinski definition) is 3. The summed E-state index contributed by atoms with van der Waals surface area (Å²) < 4.78 is 0. The van der Waals surface area contributed by atoms with Gasteiger partial charge in [-0.15, -0.1) is 0 Å². The second-order valence-electron chi connectivity index (χ2n) is 4.12. The largest absolute Gasteiger partial charge is 0.365 e. The van der Waals surface area contributed by atoms with Crippen molar-refractivity contribution in [3.8, 4) is 0 Å². The van der Waals surface area contributed by atoms with E-state index in [4.69, 9.17) is 0 Å². The predicted molar refractivity (Wildman–Crippen MR) is 63.3 cm³/mol. The summed E-state index contributed by atoms with van der Waals surface area (Å²) >= 11 is 0. The fraction of sp³-hybridized carbons (Fsp3) is 0.583. The van der Waals surface area contributed by atoms with E-state index in [0.29, 0.717) is 6.04 Å². The molecule has 2 heterocycles.